The highest BCUT2D eigenvalue weighted by Crippen LogP contribution is 2.31. The lowest BCUT2D eigenvalue weighted by Gasteiger charge is -2.33. The molecule has 0 amide bonds. The standard InChI is InChI=1S/C25H27BrClN5S/c1-33-19-8-6-17(7-9-19)16-31-12-10-18(11-13-31)29-24-14-23(20-4-2-3-5-22(20)27)30-25-21(26)15-28-32(24)25/h2-4,6-9,14-15,18,22,29H,5,10-13,16H2,1H3. The Hall–Kier alpha value is -1.80. The van der Waals surface area contributed by atoms with Crippen LogP contribution in [0.25, 0.3) is 11.2 Å². The Morgan fingerprint density at radius 3 is 2.73 bits per heavy atom. The lowest BCUT2D eigenvalue weighted by Crippen LogP contribution is -2.39. The largest absolute Gasteiger partial charge is 0.367 e. The molecule has 1 fully saturated rings. The molecule has 1 atom stereocenters. The molecule has 33 heavy (non-hydrogen) atoms. The molecule has 0 bridgehead atoms. The van der Waals surface area contributed by atoms with Crippen LogP contribution in [0.2, 0.25) is 0 Å². The number of hydrogen-bond donors (Lipinski definition) is 1. The van der Waals surface area contributed by atoms with Crippen molar-refractivity contribution in [3.05, 3.63) is 70.5 Å². The van der Waals surface area contributed by atoms with E-state index in [-0.39, 0.29) is 5.38 Å². The van der Waals surface area contributed by atoms with Crippen LogP contribution >= 0.6 is 39.3 Å². The molecule has 172 valence electrons. The molecule has 0 spiro atoms. The first-order valence-corrected chi connectivity index (χ1v) is 13.7. The fraction of sp³-hybridized carbons (Fsp3) is 0.360. The summed E-state index contributed by atoms with van der Waals surface area (Å²) in [7, 11) is 0. The van der Waals surface area contributed by atoms with Gasteiger partial charge >= 0.3 is 0 Å². The molecule has 0 saturated carbocycles. The fourth-order valence-electron chi connectivity index (χ4n) is 4.47. The minimum Gasteiger partial charge on any atom is -0.367 e. The number of piperidine rings is 1. The van der Waals surface area contributed by atoms with E-state index < -0.39 is 0 Å². The van der Waals surface area contributed by atoms with E-state index in [0.717, 1.165) is 66.1 Å². The zero-order valence-electron chi connectivity index (χ0n) is 18.5. The van der Waals surface area contributed by atoms with Gasteiger partial charge in [0.05, 0.1) is 21.7 Å². The number of benzene rings is 1. The first-order chi connectivity index (χ1) is 16.1. The van der Waals surface area contributed by atoms with E-state index in [1.54, 1.807) is 18.0 Å². The molecular formula is C25H27BrClN5S. The van der Waals surface area contributed by atoms with E-state index in [9.17, 15) is 0 Å². The van der Waals surface area contributed by atoms with E-state index in [1.807, 2.05) is 4.52 Å². The zero-order chi connectivity index (χ0) is 22.8. The molecule has 8 heteroatoms. The smallest absolute Gasteiger partial charge is 0.172 e. The Kier molecular flexibility index (Phi) is 7.11. The van der Waals surface area contributed by atoms with Crippen molar-refractivity contribution in [2.24, 2.45) is 0 Å². The summed E-state index contributed by atoms with van der Waals surface area (Å²) in [6.45, 7) is 3.16. The van der Waals surface area contributed by atoms with Gasteiger partial charge in [0.1, 0.15) is 5.82 Å². The zero-order valence-corrected chi connectivity index (χ0v) is 21.7. The van der Waals surface area contributed by atoms with E-state index in [4.69, 9.17) is 16.6 Å². The molecule has 2 aromatic heterocycles. The van der Waals surface area contributed by atoms with Gasteiger partial charge in [-0.25, -0.2) is 4.98 Å². The summed E-state index contributed by atoms with van der Waals surface area (Å²) in [5, 5.41) is 8.23. The number of hydrogen-bond acceptors (Lipinski definition) is 5. The topological polar surface area (TPSA) is 45.5 Å². The number of thioether (sulfide) groups is 1. The number of nitrogens with zero attached hydrogens (tertiary/aromatic N) is 4. The van der Waals surface area contributed by atoms with Crippen LogP contribution in [0.3, 0.4) is 0 Å². The van der Waals surface area contributed by atoms with Crippen molar-refractivity contribution in [3.8, 4) is 0 Å². The number of rotatable bonds is 6. The number of alkyl halides is 1. The molecule has 1 saturated heterocycles. The number of halogens is 2. The first-order valence-electron chi connectivity index (χ1n) is 11.3. The summed E-state index contributed by atoms with van der Waals surface area (Å²) < 4.78 is 2.77. The van der Waals surface area contributed by atoms with Gasteiger partial charge in [-0.3, -0.25) is 4.90 Å². The minimum atomic E-state index is -0.0623. The summed E-state index contributed by atoms with van der Waals surface area (Å²) >= 11 is 12.0. The molecule has 5 rings (SSSR count). The van der Waals surface area contributed by atoms with Crippen molar-refractivity contribution in [3.63, 3.8) is 0 Å². The van der Waals surface area contributed by atoms with E-state index >= 15 is 0 Å². The highest BCUT2D eigenvalue weighted by molar-refractivity contribution is 9.10. The van der Waals surface area contributed by atoms with Crippen LogP contribution in [0.5, 0.6) is 0 Å². The molecule has 1 unspecified atom stereocenters. The maximum atomic E-state index is 6.60. The molecule has 5 nitrogen and oxygen atoms in total. The number of allylic oxidation sites excluding steroid dienone is 4. The SMILES string of the molecule is CSc1ccc(CN2CCC(Nc3cc(C4=CC=CCC4Cl)nc4c(Br)cnn34)CC2)cc1. The van der Waals surface area contributed by atoms with E-state index in [0.29, 0.717) is 6.04 Å². The molecule has 1 N–H and O–H groups in total. The maximum absolute atomic E-state index is 6.60. The van der Waals surface area contributed by atoms with Crippen LogP contribution in [0.1, 0.15) is 30.5 Å². The summed E-state index contributed by atoms with van der Waals surface area (Å²) in [5.74, 6) is 0.964. The third-order valence-corrected chi connectivity index (χ3v) is 8.04. The van der Waals surface area contributed by atoms with Gasteiger partial charge in [0.25, 0.3) is 0 Å². The maximum Gasteiger partial charge on any atom is 0.172 e. The van der Waals surface area contributed by atoms with Crippen LogP contribution in [-0.2, 0) is 6.54 Å². The second-order valence-electron chi connectivity index (χ2n) is 8.55. The van der Waals surface area contributed by atoms with Gasteiger partial charge in [0, 0.05) is 36.6 Å². The molecule has 0 radical (unpaired) electrons. The van der Waals surface area contributed by atoms with Gasteiger partial charge in [0.2, 0.25) is 0 Å². The van der Waals surface area contributed by atoms with Crippen molar-refractivity contribution >= 4 is 56.3 Å². The Morgan fingerprint density at radius 2 is 2.00 bits per heavy atom. The average Bonchev–Trinajstić information content (AvgIpc) is 3.22. The van der Waals surface area contributed by atoms with Crippen molar-refractivity contribution in [2.45, 2.75) is 42.1 Å². The second-order valence-corrected chi connectivity index (χ2v) is 10.8. The Morgan fingerprint density at radius 1 is 1.21 bits per heavy atom. The summed E-state index contributed by atoms with van der Waals surface area (Å²) in [4.78, 5) is 8.71. The second kappa shape index (κ2) is 10.2. The van der Waals surface area contributed by atoms with E-state index in [1.165, 1.54) is 10.5 Å². The van der Waals surface area contributed by atoms with Gasteiger partial charge in [-0.1, -0.05) is 30.4 Å². The van der Waals surface area contributed by atoms with Crippen LogP contribution in [-0.4, -0.2) is 50.3 Å². The molecule has 1 aromatic carbocycles. The number of aromatic nitrogens is 3. The van der Waals surface area contributed by atoms with Gasteiger partial charge in [-0.2, -0.15) is 9.61 Å². The van der Waals surface area contributed by atoms with E-state index in [2.05, 4.69) is 86.1 Å². The summed E-state index contributed by atoms with van der Waals surface area (Å²) in [6.07, 6.45) is 13.1. The minimum absolute atomic E-state index is 0.0623. The lowest BCUT2D eigenvalue weighted by molar-refractivity contribution is 0.211. The van der Waals surface area contributed by atoms with Crippen molar-refractivity contribution < 1.29 is 0 Å². The molecule has 1 aliphatic carbocycles. The van der Waals surface area contributed by atoms with Crippen molar-refractivity contribution in [2.75, 3.05) is 24.7 Å². The quantitative estimate of drug-likeness (QED) is 0.294. The Balaban J connectivity index is 1.29. The average molecular weight is 545 g/mol. The highest BCUT2D eigenvalue weighted by atomic mass is 79.9. The highest BCUT2D eigenvalue weighted by Gasteiger charge is 2.23. The molecule has 3 aromatic rings. The normalized spacial score (nSPS) is 19.7. The Labute approximate surface area is 212 Å². The Bertz CT molecular complexity index is 1180. The van der Waals surface area contributed by atoms with Gasteiger partial charge in [-0.05, 0) is 64.7 Å². The predicted octanol–water partition coefficient (Wildman–Crippen LogP) is 6.24. The molecule has 3 heterocycles. The number of likely N-dealkylation sites (tertiary alicyclic amines) is 1. The van der Waals surface area contributed by atoms with Gasteiger partial charge < -0.3 is 5.32 Å². The third-order valence-electron chi connectivity index (χ3n) is 6.32. The van der Waals surface area contributed by atoms with Gasteiger partial charge in [0.15, 0.2) is 5.65 Å². The fourth-order valence-corrected chi connectivity index (χ4v) is 5.51. The molecule has 2 aliphatic rings. The molecule has 1 aliphatic heterocycles. The van der Waals surface area contributed by atoms with Crippen LogP contribution in [0.15, 0.2) is 64.1 Å². The van der Waals surface area contributed by atoms with Crippen molar-refractivity contribution in [1.82, 2.24) is 19.5 Å². The predicted molar refractivity (Wildman–Crippen MR) is 142 cm³/mol. The number of nitrogens with one attached hydrogen (secondary N) is 1. The summed E-state index contributed by atoms with van der Waals surface area (Å²) in [6, 6.07) is 11.4. The lowest BCUT2D eigenvalue weighted by atomic mass is 10.0. The van der Waals surface area contributed by atoms with Gasteiger partial charge in [-0.15, -0.1) is 23.4 Å². The number of fused-ring (bicyclic) bond motifs is 1. The summed E-state index contributed by atoms with van der Waals surface area (Å²) in [5.41, 5.74) is 4.15. The monoisotopic (exact) mass is 543 g/mol. The third kappa shape index (κ3) is 5.16. The van der Waals surface area contributed by atoms with Crippen molar-refractivity contribution in [1.29, 1.82) is 0 Å². The van der Waals surface area contributed by atoms with Crippen LogP contribution < -0.4 is 5.32 Å². The number of anilines is 1. The van der Waals surface area contributed by atoms with Crippen LogP contribution in [0, 0.1) is 0 Å². The molecular weight excluding hydrogens is 518 g/mol. The van der Waals surface area contributed by atoms with Crippen LogP contribution in [0.4, 0.5) is 5.82 Å². The first kappa shape index (κ1) is 23.0.